The number of amides is 1. The molecule has 2 N–H and O–H groups in total. The Morgan fingerprint density at radius 1 is 1.50 bits per heavy atom. The van der Waals surface area contributed by atoms with Crippen LogP contribution in [0.4, 0.5) is 5.69 Å². The van der Waals surface area contributed by atoms with Gasteiger partial charge in [-0.3, -0.25) is 4.79 Å². The zero-order chi connectivity index (χ0) is 12.1. The molecule has 5 heteroatoms. The molecule has 16 heavy (non-hydrogen) atoms. The number of carboxylic acids is 1. The second-order valence-corrected chi connectivity index (χ2v) is 3.88. The number of carbonyl (C=O) groups excluding carboxylic acids is 1. The highest BCUT2D eigenvalue weighted by Crippen LogP contribution is 2.10. The van der Waals surface area contributed by atoms with Gasteiger partial charge in [-0.1, -0.05) is 13.8 Å². The van der Waals surface area contributed by atoms with Crippen LogP contribution in [0.1, 0.15) is 30.8 Å². The van der Waals surface area contributed by atoms with E-state index in [1.807, 2.05) is 13.8 Å². The maximum atomic E-state index is 11.4. The molecule has 1 aromatic rings. The van der Waals surface area contributed by atoms with Gasteiger partial charge in [-0.05, 0) is 18.1 Å². The minimum absolute atomic E-state index is 0.0812. The predicted molar refractivity (Wildman–Crippen MR) is 59.3 cm³/mol. The molecular weight excluding hydrogens is 208 g/mol. The summed E-state index contributed by atoms with van der Waals surface area (Å²) in [5, 5.41) is 11.3. The SMILES string of the molecule is CC(C)CC(=O)Nc1ccnc(C(=O)O)c1. The van der Waals surface area contributed by atoms with Crippen LogP contribution < -0.4 is 5.32 Å². The van der Waals surface area contributed by atoms with Gasteiger partial charge in [-0.25, -0.2) is 9.78 Å². The fourth-order valence-corrected chi connectivity index (χ4v) is 1.21. The van der Waals surface area contributed by atoms with Crippen molar-refractivity contribution in [2.24, 2.45) is 5.92 Å². The van der Waals surface area contributed by atoms with Crippen molar-refractivity contribution in [2.45, 2.75) is 20.3 Å². The van der Waals surface area contributed by atoms with Crippen molar-refractivity contribution < 1.29 is 14.7 Å². The molecule has 0 saturated heterocycles. The van der Waals surface area contributed by atoms with E-state index in [0.29, 0.717) is 12.1 Å². The molecule has 1 amide bonds. The molecule has 0 unspecified atom stereocenters. The van der Waals surface area contributed by atoms with Crippen LogP contribution in [-0.4, -0.2) is 22.0 Å². The second kappa shape index (κ2) is 5.25. The van der Waals surface area contributed by atoms with E-state index in [1.54, 1.807) is 6.07 Å². The average molecular weight is 222 g/mol. The molecular formula is C11H14N2O3. The molecule has 0 bridgehead atoms. The van der Waals surface area contributed by atoms with Crippen molar-refractivity contribution in [1.82, 2.24) is 4.98 Å². The lowest BCUT2D eigenvalue weighted by molar-refractivity contribution is -0.116. The number of aromatic carboxylic acids is 1. The predicted octanol–water partition coefficient (Wildman–Crippen LogP) is 1.76. The number of aromatic nitrogens is 1. The summed E-state index contributed by atoms with van der Waals surface area (Å²) in [5.74, 6) is -0.974. The molecule has 86 valence electrons. The van der Waals surface area contributed by atoms with Gasteiger partial charge in [0.2, 0.25) is 5.91 Å². The van der Waals surface area contributed by atoms with Crippen molar-refractivity contribution >= 4 is 17.6 Å². The highest BCUT2D eigenvalue weighted by Gasteiger charge is 2.08. The van der Waals surface area contributed by atoms with Gasteiger partial charge in [0.25, 0.3) is 0 Å². The lowest BCUT2D eigenvalue weighted by Gasteiger charge is -2.07. The van der Waals surface area contributed by atoms with E-state index >= 15 is 0 Å². The average Bonchev–Trinajstić information content (AvgIpc) is 2.16. The maximum absolute atomic E-state index is 11.4. The Balaban J connectivity index is 2.70. The molecule has 0 aliphatic rings. The summed E-state index contributed by atoms with van der Waals surface area (Å²) in [6, 6.07) is 2.89. The van der Waals surface area contributed by atoms with E-state index in [0.717, 1.165) is 0 Å². The summed E-state index contributed by atoms with van der Waals surface area (Å²) < 4.78 is 0. The number of carboxylic acid groups (broad SMARTS) is 1. The fourth-order valence-electron chi connectivity index (χ4n) is 1.21. The first-order valence-electron chi connectivity index (χ1n) is 4.98. The fraction of sp³-hybridized carbons (Fsp3) is 0.364. The highest BCUT2D eigenvalue weighted by atomic mass is 16.4. The molecule has 0 spiro atoms. The standard InChI is InChI=1S/C11H14N2O3/c1-7(2)5-10(14)13-8-3-4-12-9(6-8)11(15)16/h3-4,6-7H,5H2,1-2H3,(H,15,16)(H,12,13,14). The lowest BCUT2D eigenvalue weighted by Crippen LogP contribution is -2.14. The van der Waals surface area contributed by atoms with Crippen LogP contribution >= 0.6 is 0 Å². The van der Waals surface area contributed by atoms with E-state index in [4.69, 9.17) is 5.11 Å². The lowest BCUT2D eigenvalue weighted by atomic mass is 10.1. The Labute approximate surface area is 93.5 Å². The molecule has 1 rings (SSSR count). The van der Waals surface area contributed by atoms with Crippen LogP contribution in [0.15, 0.2) is 18.3 Å². The van der Waals surface area contributed by atoms with Gasteiger partial charge in [-0.15, -0.1) is 0 Å². The monoisotopic (exact) mass is 222 g/mol. The Morgan fingerprint density at radius 3 is 2.75 bits per heavy atom. The van der Waals surface area contributed by atoms with E-state index in [9.17, 15) is 9.59 Å². The third-order valence-corrected chi connectivity index (χ3v) is 1.86. The van der Waals surface area contributed by atoms with E-state index < -0.39 is 5.97 Å². The molecule has 0 radical (unpaired) electrons. The summed E-state index contributed by atoms with van der Waals surface area (Å²) in [7, 11) is 0. The Kier molecular flexibility index (Phi) is 3.99. The number of carbonyl (C=O) groups is 2. The van der Waals surface area contributed by atoms with Gasteiger partial charge in [0, 0.05) is 18.3 Å². The van der Waals surface area contributed by atoms with Crippen LogP contribution in [0.25, 0.3) is 0 Å². The quantitative estimate of drug-likeness (QED) is 0.813. The summed E-state index contributed by atoms with van der Waals surface area (Å²) >= 11 is 0. The number of nitrogens with zero attached hydrogens (tertiary/aromatic N) is 1. The van der Waals surface area contributed by atoms with Crippen molar-refractivity contribution in [3.05, 3.63) is 24.0 Å². The Bertz CT molecular complexity index is 402. The van der Waals surface area contributed by atoms with Crippen LogP contribution in [0.2, 0.25) is 0 Å². The molecule has 0 aliphatic carbocycles. The molecule has 1 aromatic heterocycles. The number of hydrogen-bond donors (Lipinski definition) is 2. The molecule has 0 saturated carbocycles. The summed E-state index contributed by atoms with van der Waals surface area (Å²) in [5.41, 5.74) is 0.375. The molecule has 0 aromatic carbocycles. The molecule has 0 aliphatic heterocycles. The number of hydrogen-bond acceptors (Lipinski definition) is 3. The number of rotatable bonds is 4. The Morgan fingerprint density at radius 2 is 2.19 bits per heavy atom. The third kappa shape index (κ3) is 3.68. The molecule has 0 atom stereocenters. The molecule has 1 heterocycles. The van der Waals surface area contributed by atoms with Gasteiger partial charge < -0.3 is 10.4 Å². The largest absolute Gasteiger partial charge is 0.477 e. The number of pyridine rings is 1. The first-order valence-corrected chi connectivity index (χ1v) is 4.98. The minimum atomic E-state index is -1.11. The zero-order valence-electron chi connectivity index (χ0n) is 9.23. The van der Waals surface area contributed by atoms with Gasteiger partial charge in [0.1, 0.15) is 5.69 Å². The molecule has 5 nitrogen and oxygen atoms in total. The second-order valence-electron chi connectivity index (χ2n) is 3.88. The zero-order valence-corrected chi connectivity index (χ0v) is 9.23. The number of anilines is 1. The summed E-state index contributed by atoms with van der Waals surface area (Å²) in [6.07, 6.45) is 1.76. The van der Waals surface area contributed by atoms with Crippen LogP contribution in [0.3, 0.4) is 0 Å². The van der Waals surface area contributed by atoms with Crippen molar-refractivity contribution in [3.63, 3.8) is 0 Å². The van der Waals surface area contributed by atoms with Crippen LogP contribution in [0.5, 0.6) is 0 Å². The van der Waals surface area contributed by atoms with Crippen molar-refractivity contribution in [1.29, 1.82) is 0 Å². The van der Waals surface area contributed by atoms with Gasteiger partial charge in [0.05, 0.1) is 0 Å². The molecule has 0 fully saturated rings. The van der Waals surface area contributed by atoms with E-state index in [1.165, 1.54) is 12.3 Å². The van der Waals surface area contributed by atoms with Crippen LogP contribution in [0, 0.1) is 5.92 Å². The minimum Gasteiger partial charge on any atom is -0.477 e. The third-order valence-electron chi connectivity index (χ3n) is 1.86. The first-order chi connectivity index (χ1) is 7.49. The Hall–Kier alpha value is -1.91. The van der Waals surface area contributed by atoms with Crippen molar-refractivity contribution in [3.8, 4) is 0 Å². The number of nitrogens with one attached hydrogen (secondary N) is 1. The van der Waals surface area contributed by atoms with Crippen molar-refractivity contribution in [2.75, 3.05) is 5.32 Å². The topological polar surface area (TPSA) is 79.3 Å². The highest BCUT2D eigenvalue weighted by molar-refractivity contribution is 5.92. The van der Waals surface area contributed by atoms with Gasteiger partial charge >= 0.3 is 5.97 Å². The first kappa shape index (κ1) is 12.2. The summed E-state index contributed by atoms with van der Waals surface area (Å²) in [6.45, 7) is 3.88. The normalized spacial score (nSPS) is 10.2. The van der Waals surface area contributed by atoms with Gasteiger partial charge in [0.15, 0.2) is 0 Å². The van der Waals surface area contributed by atoms with Gasteiger partial charge in [-0.2, -0.15) is 0 Å². The van der Waals surface area contributed by atoms with E-state index in [2.05, 4.69) is 10.3 Å². The maximum Gasteiger partial charge on any atom is 0.354 e. The smallest absolute Gasteiger partial charge is 0.354 e. The van der Waals surface area contributed by atoms with Crippen LogP contribution in [-0.2, 0) is 4.79 Å². The summed E-state index contributed by atoms with van der Waals surface area (Å²) in [4.78, 5) is 25.7. The van der Waals surface area contributed by atoms with E-state index in [-0.39, 0.29) is 17.5 Å².